The molecule has 5 saturated carbocycles. The summed E-state index contributed by atoms with van der Waals surface area (Å²) in [6.07, 6.45) is 0.601. The van der Waals surface area contributed by atoms with Crippen LogP contribution in [0, 0.1) is 28.6 Å². The van der Waals surface area contributed by atoms with E-state index in [1.165, 1.54) is 6.92 Å². The molecule has 3 spiro atoms. The molecule has 0 aromatic carbocycles. The molecule has 0 amide bonds. The summed E-state index contributed by atoms with van der Waals surface area (Å²) < 4.78 is 31.9. The first kappa shape index (κ1) is 23.3. The van der Waals surface area contributed by atoms with Crippen LogP contribution in [-0.4, -0.2) is 102 Å². The Hall–Kier alpha value is -0.810. The van der Waals surface area contributed by atoms with Crippen molar-refractivity contribution in [3.8, 4) is 0 Å². The molecule has 9 heteroatoms. The predicted molar refractivity (Wildman–Crippen MR) is 121 cm³/mol. The van der Waals surface area contributed by atoms with Crippen molar-refractivity contribution in [1.29, 1.82) is 0 Å². The van der Waals surface area contributed by atoms with Crippen molar-refractivity contribution in [2.45, 2.75) is 93.7 Å². The van der Waals surface area contributed by atoms with E-state index in [4.69, 9.17) is 23.7 Å². The number of nitrogens with zero attached hydrogens (tertiary/aromatic N) is 1. The Kier molecular flexibility index (Phi) is 4.52. The lowest BCUT2D eigenvalue weighted by molar-refractivity contribution is -0.331. The minimum Gasteiger partial charge on any atom is -0.459 e. The lowest BCUT2D eigenvalue weighted by Crippen LogP contribution is -2.85. The topological polar surface area (TPSA) is 107 Å². The molecule has 13 atom stereocenters. The monoisotopic (exact) mass is 493 g/mol. The third-order valence-electron chi connectivity index (χ3n) is 11.9. The minimum atomic E-state index is -1.29. The van der Waals surface area contributed by atoms with Gasteiger partial charge in [0, 0.05) is 51.9 Å². The first-order valence-electron chi connectivity index (χ1n) is 13.3. The molecule has 5 unspecified atom stereocenters. The first-order valence-corrected chi connectivity index (χ1v) is 13.3. The number of piperidine rings is 1. The Morgan fingerprint density at radius 2 is 1.94 bits per heavy atom. The average Bonchev–Trinajstić information content (AvgIpc) is 3.34. The van der Waals surface area contributed by atoms with Crippen LogP contribution in [0.1, 0.15) is 46.5 Å². The van der Waals surface area contributed by atoms with Crippen LogP contribution in [0.15, 0.2) is 0 Å². The zero-order chi connectivity index (χ0) is 24.8. The lowest BCUT2D eigenvalue weighted by Gasteiger charge is -2.71. The fraction of sp³-hybridized carbons (Fsp3) is 0.962. The molecule has 7 aliphatic rings. The van der Waals surface area contributed by atoms with Crippen LogP contribution in [0.4, 0.5) is 0 Å². The number of methoxy groups -OCH3 is 2. The largest absolute Gasteiger partial charge is 0.459 e. The maximum atomic E-state index is 13.2. The van der Waals surface area contributed by atoms with E-state index >= 15 is 0 Å². The highest BCUT2D eigenvalue weighted by molar-refractivity contribution is 5.67. The molecule has 7 fully saturated rings. The summed E-state index contributed by atoms with van der Waals surface area (Å²) in [6.45, 7) is 7.50. The van der Waals surface area contributed by atoms with Crippen LogP contribution in [0.5, 0.6) is 0 Å². The highest BCUT2D eigenvalue weighted by Gasteiger charge is 2.97. The molecule has 7 rings (SSSR count). The second-order valence-electron chi connectivity index (χ2n) is 12.7. The SMILES string of the molecule is CCN1C[C@]2(C)CCC(OC)C34[C@@H]1C1(OCO[C@@]15C[C@H](OC)[C@H]1C[C@]3(O)[C@@H]5C1O)C(OC(C)=O)[C@@H]42. The van der Waals surface area contributed by atoms with Crippen molar-refractivity contribution in [3.63, 3.8) is 0 Å². The molecule has 0 radical (unpaired) electrons. The zero-order valence-corrected chi connectivity index (χ0v) is 21.4. The molecular formula is C26H39NO8. The summed E-state index contributed by atoms with van der Waals surface area (Å²) in [6, 6.07) is -0.280. The number of aliphatic hydroxyl groups is 2. The van der Waals surface area contributed by atoms with Crippen molar-refractivity contribution in [3.05, 3.63) is 0 Å². The number of hydrogen-bond acceptors (Lipinski definition) is 9. The second-order valence-corrected chi connectivity index (χ2v) is 12.7. The molecule has 2 saturated heterocycles. The van der Waals surface area contributed by atoms with Crippen LogP contribution in [0.25, 0.3) is 0 Å². The molecule has 0 aromatic heterocycles. The number of carbonyl (C=O) groups is 1. The Bertz CT molecular complexity index is 964. The standard InChI is InChI=1S/C26H39NO8/c1-6-27-11-22(3)8-7-16(32-5)25-19(22)20(35-13(2)28)26(21(25)27)24(33-12-34-26)10-15(31-4)14-9-23(25,30)18(24)17(14)29/h14-21,29-30H,6-12H2,1-5H3/t14-,15+,16?,17?,18+,19-,20?,21-,22+,23+,24-,25?,26?/m1/s1. The van der Waals surface area contributed by atoms with Gasteiger partial charge in [-0.2, -0.15) is 0 Å². The molecule has 2 N–H and O–H groups in total. The Balaban J connectivity index is 1.61. The van der Waals surface area contributed by atoms with E-state index in [9.17, 15) is 15.0 Å². The van der Waals surface area contributed by atoms with Gasteiger partial charge in [0.25, 0.3) is 0 Å². The predicted octanol–water partition coefficient (Wildman–Crippen LogP) is 0.696. The Labute approximate surface area is 206 Å². The molecule has 9 nitrogen and oxygen atoms in total. The van der Waals surface area contributed by atoms with Crippen LogP contribution in [-0.2, 0) is 28.5 Å². The van der Waals surface area contributed by atoms with Gasteiger partial charge >= 0.3 is 5.97 Å². The van der Waals surface area contributed by atoms with Crippen molar-refractivity contribution >= 4 is 5.97 Å². The number of rotatable bonds is 4. The second kappa shape index (κ2) is 6.79. The summed E-state index contributed by atoms with van der Waals surface area (Å²) in [7, 11) is 3.39. The first-order chi connectivity index (χ1) is 16.6. The van der Waals surface area contributed by atoms with Crippen molar-refractivity contribution in [1.82, 2.24) is 4.90 Å². The Morgan fingerprint density at radius 1 is 1.17 bits per heavy atom. The number of ether oxygens (including phenoxy) is 5. The third-order valence-corrected chi connectivity index (χ3v) is 11.9. The molecule has 35 heavy (non-hydrogen) atoms. The fourth-order valence-electron chi connectivity index (χ4n) is 11.5. The van der Waals surface area contributed by atoms with Gasteiger partial charge in [-0.05, 0) is 31.2 Å². The minimum absolute atomic E-state index is 0.0311. The number of likely N-dealkylation sites (N-methyl/N-ethyl adjacent to an activating group) is 1. The van der Waals surface area contributed by atoms with E-state index < -0.39 is 40.3 Å². The summed E-state index contributed by atoms with van der Waals surface area (Å²) >= 11 is 0. The highest BCUT2D eigenvalue weighted by Crippen LogP contribution is 2.83. The zero-order valence-electron chi connectivity index (χ0n) is 21.4. The molecule has 2 aliphatic heterocycles. The van der Waals surface area contributed by atoms with Gasteiger partial charge in [-0.15, -0.1) is 0 Å². The van der Waals surface area contributed by atoms with Crippen molar-refractivity contribution < 1.29 is 38.7 Å². The Morgan fingerprint density at radius 3 is 2.60 bits per heavy atom. The number of carbonyl (C=O) groups excluding carboxylic acids is 1. The van der Waals surface area contributed by atoms with Crippen molar-refractivity contribution in [2.24, 2.45) is 28.6 Å². The van der Waals surface area contributed by atoms with Gasteiger partial charge in [-0.25, -0.2) is 0 Å². The molecule has 7 bridgehead atoms. The number of aliphatic hydroxyl groups excluding tert-OH is 1. The van der Waals surface area contributed by atoms with Gasteiger partial charge in [0.1, 0.15) is 18.5 Å². The maximum absolute atomic E-state index is 13.2. The van der Waals surface area contributed by atoms with E-state index in [1.54, 1.807) is 14.2 Å². The quantitative estimate of drug-likeness (QED) is 0.547. The molecule has 196 valence electrons. The number of likely N-dealkylation sites (tertiary alicyclic amines) is 1. The summed E-state index contributed by atoms with van der Waals surface area (Å²) in [5.41, 5.74) is -4.39. The smallest absolute Gasteiger partial charge is 0.303 e. The fourth-order valence-corrected chi connectivity index (χ4v) is 11.5. The molecular weight excluding hydrogens is 454 g/mol. The normalized spacial score (nSPS) is 61.6. The van der Waals surface area contributed by atoms with Gasteiger partial charge in [-0.1, -0.05) is 13.8 Å². The molecule has 0 aromatic rings. The van der Waals surface area contributed by atoms with Gasteiger partial charge in [-0.3, -0.25) is 9.69 Å². The lowest BCUT2D eigenvalue weighted by atomic mass is 9.41. The van der Waals surface area contributed by atoms with Crippen LogP contribution in [0.3, 0.4) is 0 Å². The average molecular weight is 494 g/mol. The summed E-state index contributed by atoms with van der Waals surface area (Å²) in [5.74, 6) is -1.33. The number of esters is 1. The van der Waals surface area contributed by atoms with E-state index in [-0.39, 0.29) is 48.3 Å². The van der Waals surface area contributed by atoms with E-state index in [0.29, 0.717) is 12.8 Å². The van der Waals surface area contributed by atoms with E-state index in [0.717, 1.165) is 25.9 Å². The van der Waals surface area contributed by atoms with Crippen molar-refractivity contribution in [2.75, 3.05) is 34.1 Å². The van der Waals surface area contributed by atoms with Gasteiger partial charge in [0.05, 0.1) is 35.4 Å². The number of hydrogen-bond donors (Lipinski definition) is 2. The van der Waals surface area contributed by atoms with Gasteiger partial charge in [0.2, 0.25) is 0 Å². The van der Waals surface area contributed by atoms with Crippen LogP contribution < -0.4 is 0 Å². The highest BCUT2D eigenvalue weighted by atomic mass is 16.7. The molecule has 2 heterocycles. The summed E-state index contributed by atoms with van der Waals surface area (Å²) in [4.78, 5) is 15.1. The van der Waals surface area contributed by atoms with E-state index in [2.05, 4.69) is 18.7 Å². The van der Waals surface area contributed by atoms with Crippen LogP contribution >= 0.6 is 0 Å². The van der Waals surface area contributed by atoms with Gasteiger partial charge < -0.3 is 33.9 Å². The molecule has 5 aliphatic carbocycles. The number of fused-ring (bicyclic) bond motifs is 1. The van der Waals surface area contributed by atoms with Crippen LogP contribution in [0.2, 0.25) is 0 Å². The third kappa shape index (κ3) is 2.09. The van der Waals surface area contributed by atoms with Gasteiger partial charge in [0.15, 0.2) is 5.60 Å². The van der Waals surface area contributed by atoms with E-state index in [1.807, 2.05) is 0 Å². The summed E-state index contributed by atoms with van der Waals surface area (Å²) in [5, 5.41) is 25.0. The maximum Gasteiger partial charge on any atom is 0.303 e.